The van der Waals surface area contributed by atoms with E-state index in [2.05, 4.69) is 14.7 Å². The van der Waals surface area contributed by atoms with Gasteiger partial charge in [-0.15, -0.1) is 0 Å². The maximum Gasteiger partial charge on any atom is 0.319 e. The van der Waals surface area contributed by atoms with Crippen molar-refractivity contribution in [1.29, 1.82) is 0 Å². The number of nitrogens with zero attached hydrogens (tertiary/aromatic N) is 3. The van der Waals surface area contributed by atoms with Gasteiger partial charge >= 0.3 is 6.01 Å². The molecule has 0 aromatic carbocycles. The fraction of sp³-hybridized carbons (Fsp3) is 0.526. The molecule has 2 heterocycles. The van der Waals surface area contributed by atoms with Gasteiger partial charge in [0.05, 0.1) is 11.4 Å². The van der Waals surface area contributed by atoms with Crippen LogP contribution in [0.2, 0.25) is 0 Å². The van der Waals surface area contributed by atoms with E-state index in [1.54, 1.807) is 32.3 Å². The second kappa shape index (κ2) is 8.72. The molecule has 0 bridgehead atoms. The van der Waals surface area contributed by atoms with Crippen molar-refractivity contribution in [2.75, 3.05) is 10.5 Å². The Morgan fingerprint density at radius 1 is 1.21 bits per heavy atom. The highest BCUT2D eigenvalue weighted by Crippen LogP contribution is 2.26. The van der Waals surface area contributed by atoms with Gasteiger partial charge in [0.25, 0.3) is 0 Å². The van der Waals surface area contributed by atoms with Gasteiger partial charge in [0, 0.05) is 30.9 Å². The lowest BCUT2D eigenvalue weighted by molar-refractivity contribution is 0.142. The first-order chi connectivity index (χ1) is 13.4. The average molecular weight is 407 g/mol. The van der Waals surface area contributed by atoms with Gasteiger partial charge in [-0.3, -0.25) is 9.52 Å². The molecule has 1 aliphatic rings. The second-order valence-electron chi connectivity index (χ2n) is 7.09. The number of aromatic nitrogens is 3. The molecule has 2 aromatic rings. The molecule has 1 saturated carbocycles. The normalized spacial score (nSPS) is 15.4. The van der Waals surface area contributed by atoms with Gasteiger partial charge in [-0.1, -0.05) is 13.3 Å². The molecule has 0 aliphatic heterocycles. The smallest absolute Gasteiger partial charge is 0.319 e. The summed E-state index contributed by atoms with van der Waals surface area (Å²) in [5, 5.41) is 0. The van der Waals surface area contributed by atoms with Crippen LogP contribution in [-0.4, -0.2) is 34.8 Å². The van der Waals surface area contributed by atoms with E-state index in [9.17, 15) is 13.2 Å². The first-order valence-corrected chi connectivity index (χ1v) is 11.2. The summed E-state index contributed by atoms with van der Waals surface area (Å²) in [7, 11) is -1.85. The molecular weight excluding hydrogens is 380 g/mol. The van der Waals surface area contributed by atoms with Crippen molar-refractivity contribution in [2.24, 2.45) is 7.05 Å². The maximum atomic E-state index is 12.2. The third-order valence-electron chi connectivity index (χ3n) is 4.64. The fourth-order valence-electron chi connectivity index (χ4n) is 3.23. The van der Waals surface area contributed by atoms with Gasteiger partial charge in [0.2, 0.25) is 15.6 Å². The Bertz CT molecular complexity index is 982. The van der Waals surface area contributed by atoms with Gasteiger partial charge in [0.15, 0.2) is 0 Å². The molecule has 8 nitrogen and oxygen atoms in total. The quantitative estimate of drug-likeness (QED) is 0.758. The van der Waals surface area contributed by atoms with Gasteiger partial charge in [-0.05, 0) is 38.2 Å². The summed E-state index contributed by atoms with van der Waals surface area (Å²) >= 11 is 0. The van der Waals surface area contributed by atoms with E-state index in [0.29, 0.717) is 17.7 Å². The molecule has 0 radical (unpaired) electrons. The van der Waals surface area contributed by atoms with Crippen LogP contribution in [0.15, 0.2) is 29.2 Å². The van der Waals surface area contributed by atoms with Crippen molar-refractivity contribution in [3.05, 3.63) is 34.7 Å². The van der Waals surface area contributed by atoms with Crippen LogP contribution in [0.5, 0.6) is 6.01 Å². The molecule has 3 rings (SSSR count). The second-order valence-corrected chi connectivity index (χ2v) is 8.93. The van der Waals surface area contributed by atoms with E-state index in [1.165, 1.54) is 17.1 Å². The number of pyridine rings is 1. The predicted octanol–water partition coefficient (Wildman–Crippen LogP) is 2.71. The van der Waals surface area contributed by atoms with Crippen LogP contribution in [0.1, 0.15) is 45.4 Å². The Morgan fingerprint density at radius 2 is 1.96 bits per heavy atom. The first kappa shape index (κ1) is 20.3. The number of aryl methyl sites for hydroxylation is 1. The SMILES string of the molecule is CCCS(=O)(=O)Nc1cc(-c2ccc(=O)n(C)c2)nc(OC2CCCCC2)n1. The molecule has 0 saturated heterocycles. The molecule has 9 heteroatoms. The molecule has 152 valence electrons. The summed E-state index contributed by atoms with van der Waals surface area (Å²) in [6.45, 7) is 1.80. The first-order valence-electron chi connectivity index (χ1n) is 9.59. The zero-order valence-corrected chi connectivity index (χ0v) is 17.0. The summed E-state index contributed by atoms with van der Waals surface area (Å²) in [6, 6.07) is 4.80. The highest BCUT2D eigenvalue weighted by Gasteiger charge is 2.19. The van der Waals surface area contributed by atoms with Gasteiger partial charge < -0.3 is 9.30 Å². The Balaban J connectivity index is 1.97. The number of anilines is 1. The van der Waals surface area contributed by atoms with Crippen molar-refractivity contribution >= 4 is 15.8 Å². The van der Waals surface area contributed by atoms with E-state index >= 15 is 0 Å². The third kappa shape index (κ3) is 5.31. The fourth-order valence-corrected chi connectivity index (χ4v) is 4.30. The van der Waals surface area contributed by atoms with Crippen LogP contribution in [0.25, 0.3) is 11.3 Å². The number of sulfonamides is 1. The molecule has 0 unspecified atom stereocenters. The summed E-state index contributed by atoms with van der Waals surface area (Å²) in [6.07, 6.45) is 7.45. The minimum Gasteiger partial charge on any atom is -0.460 e. The number of ether oxygens (including phenoxy) is 1. The monoisotopic (exact) mass is 406 g/mol. The predicted molar refractivity (Wildman–Crippen MR) is 108 cm³/mol. The Labute approximate surface area is 165 Å². The Morgan fingerprint density at radius 3 is 2.64 bits per heavy atom. The molecule has 2 aromatic heterocycles. The number of nitrogens with one attached hydrogen (secondary N) is 1. The van der Waals surface area contributed by atoms with Crippen LogP contribution in [-0.2, 0) is 17.1 Å². The van der Waals surface area contributed by atoms with Crippen molar-refractivity contribution < 1.29 is 13.2 Å². The van der Waals surface area contributed by atoms with Crippen LogP contribution in [0.4, 0.5) is 5.82 Å². The lowest BCUT2D eigenvalue weighted by Gasteiger charge is -2.22. The van der Waals surface area contributed by atoms with Crippen molar-refractivity contribution in [1.82, 2.24) is 14.5 Å². The molecule has 0 spiro atoms. The largest absolute Gasteiger partial charge is 0.460 e. The van der Waals surface area contributed by atoms with Crippen LogP contribution < -0.4 is 15.0 Å². The zero-order chi connectivity index (χ0) is 20.1. The Kier molecular flexibility index (Phi) is 6.33. The summed E-state index contributed by atoms with van der Waals surface area (Å²) in [5.41, 5.74) is 1.03. The number of hydrogen-bond donors (Lipinski definition) is 1. The minimum atomic E-state index is -3.50. The lowest BCUT2D eigenvalue weighted by atomic mass is 9.98. The van der Waals surface area contributed by atoms with Crippen LogP contribution in [0, 0.1) is 0 Å². The Hall–Kier alpha value is -2.42. The molecule has 1 aliphatic carbocycles. The van der Waals surface area contributed by atoms with Crippen LogP contribution in [0.3, 0.4) is 0 Å². The van der Waals surface area contributed by atoms with E-state index in [-0.39, 0.29) is 29.2 Å². The van der Waals surface area contributed by atoms with E-state index in [0.717, 1.165) is 25.7 Å². The third-order valence-corrected chi connectivity index (χ3v) is 6.11. The van der Waals surface area contributed by atoms with E-state index in [4.69, 9.17) is 4.74 Å². The maximum absolute atomic E-state index is 12.2. The van der Waals surface area contributed by atoms with Gasteiger partial charge in [-0.2, -0.15) is 9.97 Å². The van der Waals surface area contributed by atoms with Gasteiger partial charge in [-0.25, -0.2) is 8.42 Å². The highest BCUT2D eigenvalue weighted by molar-refractivity contribution is 7.92. The number of rotatable bonds is 7. The highest BCUT2D eigenvalue weighted by atomic mass is 32.2. The van der Waals surface area contributed by atoms with E-state index < -0.39 is 10.0 Å². The topological polar surface area (TPSA) is 103 Å². The van der Waals surface area contributed by atoms with Crippen molar-refractivity contribution in [3.8, 4) is 17.3 Å². The molecule has 0 amide bonds. The minimum absolute atomic E-state index is 0.00495. The average Bonchev–Trinajstić information content (AvgIpc) is 2.64. The molecule has 28 heavy (non-hydrogen) atoms. The number of hydrogen-bond acceptors (Lipinski definition) is 6. The molecule has 0 atom stereocenters. The standard InChI is InChI=1S/C19H26N4O4S/c1-3-11-28(25,26)22-17-12-16(14-9-10-18(24)23(2)13-14)20-19(21-17)27-15-7-5-4-6-8-15/h9-10,12-13,15H,3-8,11H2,1-2H3,(H,20,21,22). The molecular formula is C19H26N4O4S. The zero-order valence-electron chi connectivity index (χ0n) is 16.2. The van der Waals surface area contributed by atoms with E-state index in [1.807, 2.05) is 0 Å². The molecule has 1 fully saturated rings. The summed E-state index contributed by atoms with van der Waals surface area (Å²) in [4.78, 5) is 20.4. The van der Waals surface area contributed by atoms with Crippen LogP contribution >= 0.6 is 0 Å². The summed E-state index contributed by atoms with van der Waals surface area (Å²) < 4.78 is 34.3. The lowest BCUT2D eigenvalue weighted by Crippen LogP contribution is -2.22. The summed E-state index contributed by atoms with van der Waals surface area (Å²) in [5.74, 6) is 0.170. The van der Waals surface area contributed by atoms with Gasteiger partial charge in [0.1, 0.15) is 11.9 Å². The molecule has 1 N–H and O–H groups in total. The van der Waals surface area contributed by atoms with Crippen molar-refractivity contribution in [2.45, 2.75) is 51.6 Å². The van der Waals surface area contributed by atoms with Crippen molar-refractivity contribution in [3.63, 3.8) is 0 Å².